The van der Waals surface area contributed by atoms with Crippen LogP contribution in [-0.4, -0.2) is 161 Å². The van der Waals surface area contributed by atoms with E-state index in [1.54, 1.807) is 58.4 Å². The molecule has 23 heteroatoms. The van der Waals surface area contributed by atoms with Crippen LogP contribution < -0.4 is 35.5 Å². The van der Waals surface area contributed by atoms with Crippen LogP contribution in [-0.2, 0) is 63.7 Å². The highest BCUT2D eigenvalue weighted by atomic mass is 16.6. The first-order chi connectivity index (χ1) is 39.5. The number of likely N-dealkylation sites (tertiary alicyclic amines) is 1. The number of anilines is 1. The highest BCUT2D eigenvalue weighted by Gasteiger charge is 2.46. The number of amides is 8. The summed E-state index contributed by atoms with van der Waals surface area (Å²) >= 11 is 0. The van der Waals surface area contributed by atoms with E-state index >= 15 is 0 Å². The number of nitrogens with zero attached hydrogens (tertiary/aromatic N) is 2. The molecule has 82 heavy (non-hydrogen) atoms. The second-order valence-corrected chi connectivity index (χ2v) is 20.6. The molecule has 6 rings (SSSR count). The summed E-state index contributed by atoms with van der Waals surface area (Å²) in [6.07, 6.45) is 3.10. The molecule has 1 unspecified atom stereocenters. The molecule has 2 fully saturated rings. The largest absolute Gasteiger partial charge is 0.493 e. The molecule has 3 aromatic carbocycles. The molecule has 3 heterocycles. The smallest absolute Gasteiger partial charge is 0.329 e. The number of nitrogens with one attached hydrogen (secondary N) is 4. The number of piperidine rings is 2. The predicted molar refractivity (Wildman–Crippen MR) is 296 cm³/mol. The third-order valence-corrected chi connectivity index (χ3v) is 14.4. The first-order valence-electron chi connectivity index (χ1n) is 27.9. The number of methoxy groups -OCH3 is 2. The predicted octanol–water partition coefficient (Wildman–Crippen LogP) is 4.57. The van der Waals surface area contributed by atoms with Crippen molar-refractivity contribution in [3.05, 3.63) is 82.9 Å². The van der Waals surface area contributed by atoms with Crippen molar-refractivity contribution in [2.24, 2.45) is 5.41 Å². The quantitative estimate of drug-likeness (QED) is 0.0281. The number of fused-ring (bicyclic) bond motifs is 1. The van der Waals surface area contributed by atoms with Crippen molar-refractivity contribution in [2.45, 2.75) is 116 Å². The SMILES string of the molecule is CCC(C)(C)C(=O)C(=O)N1CCCCC1C(=O)O[C@H](CCc1ccc(OC)c(OC)c1)c1cccc(NC(=O)CCC(=O)NCCCOCCOCCOCCCNC(=O)COc2cccc3c2C(=O)N([C@@H]2CCC(=O)NC2=O)C3=O)c1. The molecule has 0 spiro atoms. The summed E-state index contributed by atoms with van der Waals surface area (Å²) in [6, 6.07) is 14.8. The van der Waals surface area contributed by atoms with E-state index < -0.39 is 77.4 Å². The third-order valence-electron chi connectivity index (χ3n) is 14.4. The Bertz CT molecular complexity index is 2780. The van der Waals surface area contributed by atoms with Crippen molar-refractivity contribution in [3.63, 3.8) is 0 Å². The normalized spacial score (nSPS) is 16.4. The van der Waals surface area contributed by atoms with Crippen LogP contribution in [0.25, 0.3) is 0 Å². The topological polar surface area (TPSA) is 290 Å². The van der Waals surface area contributed by atoms with Gasteiger partial charge in [0, 0.05) is 63.2 Å². The molecule has 3 aliphatic rings. The van der Waals surface area contributed by atoms with Gasteiger partial charge in [-0.3, -0.25) is 53.4 Å². The summed E-state index contributed by atoms with van der Waals surface area (Å²) in [7, 11) is 3.09. The lowest BCUT2D eigenvalue weighted by atomic mass is 9.84. The van der Waals surface area contributed by atoms with Gasteiger partial charge in [-0.2, -0.15) is 0 Å². The number of imide groups is 2. The van der Waals surface area contributed by atoms with Crippen LogP contribution in [0.2, 0.25) is 0 Å². The zero-order valence-corrected chi connectivity index (χ0v) is 47.4. The van der Waals surface area contributed by atoms with Gasteiger partial charge >= 0.3 is 5.97 Å². The molecule has 2 saturated heterocycles. The number of benzene rings is 3. The standard InChI is InChI=1S/C59H76N6O17/c1-6-59(2,3)53(70)57(74)64-28-8-7-16-43(64)58(75)82-44(21-18-38-19-22-45(76-4)47(35-38)77-5)39-13-9-14-40(36-39)62-49(67)25-24-48(66)60-26-11-29-78-31-33-80-34-32-79-30-12-27-61-51(69)37-81-46-17-10-15-41-52(46)56(73)65(55(41)72)42-20-23-50(68)63-54(42)71/h9-10,13-15,17,19,22,35-36,42-44H,6-8,11-12,16,18,20-21,23-34,37H2,1-5H3,(H,60,66)(H,61,69)(H,62,67)(H,63,68,71)/t42-,43?,44-/m1/s1. The zero-order chi connectivity index (χ0) is 59.2. The van der Waals surface area contributed by atoms with Gasteiger partial charge in [0.2, 0.25) is 29.4 Å². The van der Waals surface area contributed by atoms with Gasteiger partial charge in [-0.1, -0.05) is 45.0 Å². The zero-order valence-electron chi connectivity index (χ0n) is 47.4. The third kappa shape index (κ3) is 17.9. The van der Waals surface area contributed by atoms with E-state index in [1.807, 2.05) is 19.1 Å². The number of hydrogen-bond acceptors (Lipinski definition) is 17. The number of rotatable bonds is 33. The maximum atomic E-state index is 14.1. The van der Waals surface area contributed by atoms with E-state index in [1.165, 1.54) is 23.1 Å². The van der Waals surface area contributed by atoms with Gasteiger partial charge in [0.1, 0.15) is 23.9 Å². The summed E-state index contributed by atoms with van der Waals surface area (Å²) in [5.74, 6) is -4.45. The number of ketones is 1. The summed E-state index contributed by atoms with van der Waals surface area (Å²) in [4.78, 5) is 131. The highest BCUT2D eigenvalue weighted by molar-refractivity contribution is 6.38. The van der Waals surface area contributed by atoms with Gasteiger partial charge in [0.05, 0.1) is 51.8 Å². The van der Waals surface area contributed by atoms with Gasteiger partial charge in [0.25, 0.3) is 23.6 Å². The number of esters is 1. The first-order valence-corrected chi connectivity index (χ1v) is 27.9. The maximum absolute atomic E-state index is 14.1. The fourth-order valence-electron chi connectivity index (χ4n) is 9.35. The van der Waals surface area contributed by atoms with Gasteiger partial charge in [-0.25, -0.2) is 4.79 Å². The minimum atomic E-state index is -1.12. The van der Waals surface area contributed by atoms with Crippen LogP contribution in [0.15, 0.2) is 60.7 Å². The van der Waals surface area contributed by atoms with Crippen molar-refractivity contribution in [3.8, 4) is 17.2 Å². The summed E-state index contributed by atoms with van der Waals surface area (Å²) in [5.41, 5.74) is 1.06. The molecule has 3 aliphatic heterocycles. The Morgan fingerprint density at radius 1 is 0.732 bits per heavy atom. The molecular formula is C59H76N6O17. The van der Waals surface area contributed by atoms with Crippen molar-refractivity contribution in [1.29, 1.82) is 0 Å². The van der Waals surface area contributed by atoms with Crippen molar-refractivity contribution < 1.29 is 81.1 Å². The molecule has 23 nitrogen and oxygen atoms in total. The Kier molecular flexibility index (Phi) is 24.3. The molecule has 0 aromatic heterocycles. The average Bonchev–Trinajstić information content (AvgIpc) is 3.97. The number of carbonyl (C=O) groups excluding carboxylic acids is 10. The Morgan fingerprint density at radius 2 is 1.40 bits per heavy atom. The minimum Gasteiger partial charge on any atom is -0.493 e. The average molecular weight is 1140 g/mol. The first kappa shape index (κ1) is 63.4. The van der Waals surface area contributed by atoms with E-state index in [2.05, 4.69) is 21.3 Å². The van der Waals surface area contributed by atoms with Crippen molar-refractivity contribution >= 4 is 64.7 Å². The highest BCUT2D eigenvalue weighted by Crippen LogP contribution is 2.35. The molecule has 0 aliphatic carbocycles. The van der Waals surface area contributed by atoms with Crippen molar-refractivity contribution in [1.82, 2.24) is 25.8 Å². The molecule has 0 radical (unpaired) electrons. The molecule has 8 amide bonds. The Balaban J connectivity index is 0.824. The van der Waals surface area contributed by atoms with Gasteiger partial charge < -0.3 is 54.0 Å². The van der Waals surface area contributed by atoms with Crippen LogP contribution in [0.3, 0.4) is 0 Å². The fourth-order valence-corrected chi connectivity index (χ4v) is 9.35. The summed E-state index contributed by atoms with van der Waals surface area (Å²) in [5, 5.41) is 10.5. The lowest BCUT2D eigenvalue weighted by molar-refractivity contribution is -0.164. The van der Waals surface area contributed by atoms with E-state index in [4.69, 9.17) is 33.2 Å². The molecule has 0 saturated carbocycles. The van der Waals surface area contributed by atoms with Crippen molar-refractivity contribution in [2.75, 3.05) is 85.4 Å². The fraction of sp³-hybridized carbons (Fsp3) is 0.525. The summed E-state index contributed by atoms with van der Waals surface area (Å²) < 4.78 is 39.4. The molecule has 3 aromatic rings. The van der Waals surface area contributed by atoms with E-state index in [9.17, 15) is 47.9 Å². The van der Waals surface area contributed by atoms with Crippen LogP contribution in [0, 0.1) is 5.41 Å². The lowest BCUT2D eigenvalue weighted by Crippen LogP contribution is -2.54. The Hall–Kier alpha value is -7.76. The number of ether oxygens (including phenoxy) is 7. The number of carbonyl (C=O) groups is 10. The second kappa shape index (κ2) is 31.5. The number of Topliss-reactive ketones (excluding diaryl/α,β-unsaturated/α-hetero) is 1. The van der Waals surface area contributed by atoms with Gasteiger partial charge in [-0.15, -0.1) is 0 Å². The Labute approximate surface area is 477 Å². The van der Waals surface area contributed by atoms with E-state index in [-0.39, 0.29) is 60.9 Å². The second-order valence-electron chi connectivity index (χ2n) is 20.6. The van der Waals surface area contributed by atoms with Gasteiger partial charge in [0.15, 0.2) is 18.1 Å². The van der Waals surface area contributed by atoms with Crippen LogP contribution in [0.4, 0.5) is 5.69 Å². The molecule has 4 N–H and O–H groups in total. The van der Waals surface area contributed by atoms with Crippen LogP contribution in [0.1, 0.15) is 129 Å². The molecular weight excluding hydrogens is 1060 g/mol. The van der Waals surface area contributed by atoms with E-state index in [0.717, 1.165) is 10.5 Å². The lowest BCUT2D eigenvalue weighted by Gasteiger charge is -2.36. The van der Waals surface area contributed by atoms with E-state index in [0.29, 0.717) is 127 Å². The number of hydrogen-bond donors (Lipinski definition) is 4. The summed E-state index contributed by atoms with van der Waals surface area (Å²) in [6.45, 7) is 7.81. The van der Waals surface area contributed by atoms with Crippen LogP contribution >= 0.6 is 0 Å². The maximum Gasteiger partial charge on any atom is 0.329 e. The number of aryl methyl sites for hydroxylation is 1. The van der Waals surface area contributed by atoms with Gasteiger partial charge in [-0.05, 0) is 105 Å². The molecule has 444 valence electrons. The molecule has 3 atom stereocenters. The minimum absolute atomic E-state index is 0.00750. The Morgan fingerprint density at radius 3 is 2.09 bits per heavy atom. The molecule has 0 bridgehead atoms. The van der Waals surface area contributed by atoms with Crippen LogP contribution in [0.5, 0.6) is 17.2 Å². The monoisotopic (exact) mass is 1140 g/mol.